The van der Waals surface area contributed by atoms with E-state index in [1.54, 1.807) is 18.3 Å². The van der Waals surface area contributed by atoms with Gasteiger partial charge in [-0.1, -0.05) is 13.0 Å². The van der Waals surface area contributed by atoms with Crippen molar-refractivity contribution in [2.75, 3.05) is 25.5 Å². The van der Waals surface area contributed by atoms with Crippen molar-refractivity contribution >= 4 is 22.6 Å². The Morgan fingerprint density at radius 1 is 1.09 bits per heavy atom. The fraction of sp³-hybridized carbons (Fsp3) is 0.269. The number of carbonyl (C=O) groups is 1. The van der Waals surface area contributed by atoms with Crippen molar-refractivity contribution in [3.05, 3.63) is 72.1 Å². The molecule has 4 aromatic rings. The fourth-order valence-electron chi connectivity index (χ4n) is 3.98. The third kappa shape index (κ3) is 5.18. The number of anilines is 1. The molecule has 3 heterocycles. The highest BCUT2D eigenvalue weighted by atomic mass is 19.1. The van der Waals surface area contributed by atoms with Crippen LogP contribution in [-0.2, 0) is 0 Å². The molecule has 0 aliphatic carbocycles. The molecule has 0 aliphatic heterocycles. The lowest BCUT2D eigenvalue weighted by Gasteiger charge is -2.19. The monoisotopic (exact) mass is 474 g/mol. The highest BCUT2D eigenvalue weighted by molar-refractivity contribution is 6.06. The Bertz CT molecular complexity index is 1330. The lowest BCUT2D eigenvalue weighted by atomic mass is 9.92. The number of hydrogen-bond acceptors (Lipinski definition) is 7. The lowest BCUT2D eigenvalue weighted by Crippen LogP contribution is -2.19. The zero-order valence-corrected chi connectivity index (χ0v) is 19.9. The first kappa shape index (κ1) is 24.0. The Labute approximate surface area is 203 Å². The van der Waals surface area contributed by atoms with Gasteiger partial charge in [-0.2, -0.15) is 0 Å². The molecule has 180 valence electrons. The van der Waals surface area contributed by atoms with Gasteiger partial charge < -0.3 is 15.4 Å². The summed E-state index contributed by atoms with van der Waals surface area (Å²) in [7, 11) is 1.52. The van der Waals surface area contributed by atoms with E-state index in [9.17, 15) is 9.18 Å². The number of aromatic nitrogens is 4. The number of fused-ring (bicyclic) bond motifs is 1. The Kier molecular flexibility index (Phi) is 7.45. The molecule has 2 N–H and O–H groups in total. The maximum atomic E-state index is 14.7. The van der Waals surface area contributed by atoms with E-state index in [0.29, 0.717) is 30.4 Å². The first-order chi connectivity index (χ1) is 17.0. The second kappa shape index (κ2) is 10.9. The molecule has 0 bridgehead atoms. The van der Waals surface area contributed by atoms with Crippen molar-refractivity contribution in [3.63, 3.8) is 0 Å². The van der Waals surface area contributed by atoms with E-state index in [-0.39, 0.29) is 22.8 Å². The van der Waals surface area contributed by atoms with Crippen LogP contribution in [0.15, 0.2) is 55.1 Å². The van der Waals surface area contributed by atoms with Crippen LogP contribution in [0.1, 0.15) is 42.1 Å². The van der Waals surface area contributed by atoms with E-state index >= 15 is 0 Å². The number of nitrogens with one attached hydrogen (secondary N) is 2. The summed E-state index contributed by atoms with van der Waals surface area (Å²) in [6.45, 7) is 5.06. The number of carbonyl (C=O) groups excluding carboxylic acids is 1. The smallest absolute Gasteiger partial charge is 0.251 e. The number of hydrogen-bond donors (Lipinski definition) is 2. The number of halogens is 1. The van der Waals surface area contributed by atoms with Crippen LogP contribution in [0.4, 0.5) is 10.2 Å². The average molecular weight is 475 g/mol. The zero-order chi connectivity index (χ0) is 24.8. The van der Waals surface area contributed by atoms with Crippen LogP contribution < -0.4 is 15.4 Å². The SMILES string of the molecule is CCOc1ccc(-c2cc(NCC(CC)c3ccc(F)c4c(C(=O)NC)ccnc34)ncn2)cn1. The average Bonchev–Trinajstić information content (AvgIpc) is 2.90. The van der Waals surface area contributed by atoms with Crippen molar-refractivity contribution in [2.24, 2.45) is 0 Å². The highest BCUT2D eigenvalue weighted by Gasteiger charge is 2.20. The van der Waals surface area contributed by atoms with E-state index in [2.05, 4.69) is 37.5 Å². The number of rotatable bonds is 9. The second-order valence-electron chi connectivity index (χ2n) is 7.89. The predicted octanol–water partition coefficient (Wildman–Crippen LogP) is 4.59. The second-order valence-corrected chi connectivity index (χ2v) is 7.89. The number of ether oxygens (including phenoxy) is 1. The van der Waals surface area contributed by atoms with Gasteiger partial charge in [-0.25, -0.2) is 19.3 Å². The van der Waals surface area contributed by atoms with Crippen molar-refractivity contribution < 1.29 is 13.9 Å². The van der Waals surface area contributed by atoms with Crippen LogP contribution in [0.25, 0.3) is 22.2 Å². The first-order valence-corrected chi connectivity index (χ1v) is 11.5. The van der Waals surface area contributed by atoms with Gasteiger partial charge in [0.05, 0.1) is 23.4 Å². The Balaban J connectivity index is 1.58. The first-order valence-electron chi connectivity index (χ1n) is 11.5. The van der Waals surface area contributed by atoms with E-state index in [1.807, 2.05) is 19.1 Å². The molecular weight excluding hydrogens is 447 g/mol. The van der Waals surface area contributed by atoms with Crippen LogP contribution >= 0.6 is 0 Å². The van der Waals surface area contributed by atoms with Gasteiger partial charge in [0.15, 0.2) is 0 Å². The molecular formula is C26H27FN6O2. The number of pyridine rings is 2. The molecule has 4 rings (SSSR count). The molecule has 0 spiro atoms. The molecule has 0 radical (unpaired) electrons. The van der Waals surface area contributed by atoms with Gasteiger partial charge in [-0.05, 0) is 37.1 Å². The third-order valence-corrected chi connectivity index (χ3v) is 5.80. The van der Waals surface area contributed by atoms with Crippen LogP contribution in [0.3, 0.4) is 0 Å². The van der Waals surface area contributed by atoms with Crippen LogP contribution in [0.2, 0.25) is 0 Å². The van der Waals surface area contributed by atoms with Gasteiger partial charge >= 0.3 is 0 Å². The molecule has 8 nitrogen and oxygen atoms in total. The van der Waals surface area contributed by atoms with Crippen LogP contribution in [0.5, 0.6) is 5.88 Å². The molecule has 1 amide bonds. The molecule has 1 atom stereocenters. The summed E-state index contributed by atoms with van der Waals surface area (Å²) in [5.41, 5.74) is 3.21. The molecule has 0 saturated heterocycles. The van der Waals surface area contributed by atoms with Gasteiger partial charge in [0.25, 0.3) is 5.91 Å². The van der Waals surface area contributed by atoms with Gasteiger partial charge in [0.2, 0.25) is 5.88 Å². The minimum absolute atomic E-state index is 0.0103. The molecule has 1 unspecified atom stereocenters. The maximum absolute atomic E-state index is 14.7. The molecule has 0 aliphatic rings. The molecule has 0 saturated carbocycles. The quantitative estimate of drug-likeness (QED) is 0.366. The zero-order valence-electron chi connectivity index (χ0n) is 19.9. The molecule has 35 heavy (non-hydrogen) atoms. The van der Waals surface area contributed by atoms with Crippen LogP contribution in [0, 0.1) is 5.82 Å². The minimum atomic E-state index is -0.470. The number of nitrogens with zero attached hydrogens (tertiary/aromatic N) is 4. The Morgan fingerprint density at radius 2 is 1.94 bits per heavy atom. The Hall–Kier alpha value is -4.14. The van der Waals surface area contributed by atoms with Crippen molar-refractivity contribution in [2.45, 2.75) is 26.2 Å². The summed E-state index contributed by atoms with van der Waals surface area (Å²) in [6.07, 6.45) is 5.53. The number of amides is 1. The summed E-state index contributed by atoms with van der Waals surface area (Å²) in [4.78, 5) is 29.7. The minimum Gasteiger partial charge on any atom is -0.478 e. The van der Waals surface area contributed by atoms with Crippen molar-refractivity contribution in [1.82, 2.24) is 25.3 Å². The molecule has 0 fully saturated rings. The highest BCUT2D eigenvalue weighted by Crippen LogP contribution is 2.31. The van der Waals surface area contributed by atoms with Gasteiger partial charge in [0.1, 0.15) is 18.0 Å². The maximum Gasteiger partial charge on any atom is 0.251 e. The van der Waals surface area contributed by atoms with E-state index in [0.717, 1.165) is 23.2 Å². The third-order valence-electron chi connectivity index (χ3n) is 5.80. The van der Waals surface area contributed by atoms with E-state index in [1.165, 1.54) is 31.7 Å². The summed E-state index contributed by atoms with van der Waals surface area (Å²) < 4.78 is 20.1. The standard InChI is InChI=1S/C26H27FN6O2/c1-4-16(18-7-8-20(27)24-19(26(34)28-3)10-11-29-25(18)24)13-30-22-12-21(32-15-33-22)17-6-9-23(31-14-17)35-5-2/h6-12,14-16H,4-5,13H2,1-3H3,(H,28,34)(H,30,32,33). The van der Waals surface area contributed by atoms with E-state index in [4.69, 9.17) is 4.74 Å². The van der Waals surface area contributed by atoms with E-state index < -0.39 is 5.82 Å². The molecule has 1 aromatic carbocycles. The van der Waals surface area contributed by atoms with Gasteiger partial charge in [-0.3, -0.25) is 9.78 Å². The predicted molar refractivity (Wildman–Crippen MR) is 133 cm³/mol. The topological polar surface area (TPSA) is 102 Å². The summed E-state index contributed by atoms with van der Waals surface area (Å²) >= 11 is 0. The normalized spacial score (nSPS) is 11.8. The lowest BCUT2D eigenvalue weighted by molar-refractivity contribution is 0.0964. The van der Waals surface area contributed by atoms with Gasteiger partial charge in [0, 0.05) is 55.0 Å². The van der Waals surface area contributed by atoms with Gasteiger partial charge in [-0.15, -0.1) is 0 Å². The largest absolute Gasteiger partial charge is 0.478 e. The van der Waals surface area contributed by atoms with Crippen molar-refractivity contribution in [3.8, 4) is 17.1 Å². The van der Waals surface area contributed by atoms with Crippen molar-refractivity contribution in [1.29, 1.82) is 0 Å². The fourth-order valence-corrected chi connectivity index (χ4v) is 3.98. The molecule has 3 aromatic heterocycles. The van der Waals surface area contributed by atoms with Crippen LogP contribution in [-0.4, -0.2) is 46.0 Å². The molecule has 9 heteroatoms. The summed E-state index contributed by atoms with van der Waals surface area (Å²) in [5.74, 6) is 0.414. The summed E-state index contributed by atoms with van der Waals surface area (Å²) in [5, 5.41) is 6.17. The number of benzene rings is 1. The summed E-state index contributed by atoms with van der Waals surface area (Å²) in [6, 6.07) is 10.2. The Morgan fingerprint density at radius 3 is 2.66 bits per heavy atom.